The zero-order valence-electron chi connectivity index (χ0n) is 13.1. The highest BCUT2D eigenvalue weighted by molar-refractivity contribution is 5.95. The molecule has 0 spiro atoms. The molecule has 22 heavy (non-hydrogen) atoms. The third-order valence-electron chi connectivity index (χ3n) is 3.19. The Balaban J connectivity index is 2.18. The maximum Gasteiger partial charge on any atom is 0.267 e. The molecule has 1 heterocycles. The summed E-state index contributed by atoms with van der Waals surface area (Å²) in [4.78, 5) is 16.0. The van der Waals surface area contributed by atoms with Crippen molar-refractivity contribution < 1.29 is 9.53 Å². The number of nitrogen functional groups attached to an aromatic ring is 1. The van der Waals surface area contributed by atoms with E-state index in [1.165, 1.54) is 0 Å². The van der Waals surface area contributed by atoms with Gasteiger partial charge in [0, 0.05) is 5.56 Å². The Labute approximate surface area is 130 Å². The van der Waals surface area contributed by atoms with E-state index in [9.17, 15) is 4.79 Å². The molecule has 0 aliphatic heterocycles. The number of benzene rings is 1. The predicted molar refractivity (Wildman–Crippen MR) is 86.4 cm³/mol. The molecule has 0 fully saturated rings. The largest absolute Gasteiger partial charge is 0.493 e. The second kappa shape index (κ2) is 7.04. The number of hydrogen-bond donors (Lipinski definition) is 2. The molecule has 0 aliphatic rings. The van der Waals surface area contributed by atoms with E-state index in [4.69, 9.17) is 10.6 Å². The molecule has 3 N–H and O–H groups in total. The van der Waals surface area contributed by atoms with Gasteiger partial charge in [-0.3, -0.25) is 15.2 Å². The van der Waals surface area contributed by atoms with Crippen LogP contribution in [-0.2, 0) is 0 Å². The van der Waals surface area contributed by atoms with E-state index in [1.54, 1.807) is 13.0 Å². The fraction of sp³-hybridized carbons (Fsp3) is 0.294. The average Bonchev–Trinajstić information content (AvgIpc) is 2.52. The van der Waals surface area contributed by atoms with Crippen molar-refractivity contribution in [2.24, 2.45) is 11.8 Å². The minimum Gasteiger partial charge on any atom is -0.493 e. The number of rotatable bonds is 5. The van der Waals surface area contributed by atoms with Gasteiger partial charge in [-0.15, -0.1) is 0 Å². The van der Waals surface area contributed by atoms with Crippen LogP contribution in [0.25, 0.3) is 11.3 Å². The Kier molecular flexibility index (Phi) is 5.12. The molecule has 0 radical (unpaired) electrons. The van der Waals surface area contributed by atoms with Gasteiger partial charge in [-0.2, -0.15) is 0 Å². The number of amides is 1. The van der Waals surface area contributed by atoms with Gasteiger partial charge in [0.2, 0.25) is 0 Å². The van der Waals surface area contributed by atoms with Gasteiger partial charge in [0.05, 0.1) is 23.6 Å². The predicted octanol–water partition coefficient (Wildman–Crippen LogP) is 2.70. The van der Waals surface area contributed by atoms with Crippen LogP contribution in [0.4, 0.5) is 0 Å². The average molecular weight is 299 g/mol. The number of nitrogens with two attached hydrogens (primary N) is 1. The number of hydrogen-bond acceptors (Lipinski definition) is 4. The minimum atomic E-state index is -0.339. The number of carbonyl (C=O) groups is 1. The van der Waals surface area contributed by atoms with Crippen molar-refractivity contribution >= 4 is 5.91 Å². The highest BCUT2D eigenvalue weighted by Crippen LogP contribution is 2.22. The zero-order chi connectivity index (χ0) is 16.1. The molecule has 1 aromatic heterocycles. The van der Waals surface area contributed by atoms with Crippen LogP contribution in [0.5, 0.6) is 5.75 Å². The van der Waals surface area contributed by atoms with Crippen molar-refractivity contribution in [3.05, 3.63) is 47.7 Å². The van der Waals surface area contributed by atoms with Gasteiger partial charge in [-0.1, -0.05) is 13.8 Å². The molecule has 0 unspecified atom stereocenters. The maximum atomic E-state index is 11.6. The maximum absolute atomic E-state index is 11.6. The molecule has 2 aromatic rings. The summed E-state index contributed by atoms with van der Waals surface area (Å²) in [5.74, 6) is 6.14. The van der Waals surface area contributed by atoms with E-state index >= 15 is 0 Å². The number of aromatic nitrogens is 1. The lowest BCUT2D eigenvalue weighted by molar-refractivity contribution is 0.0952. The highest BCUT2D eigenvalue weighted by atomic mass is 16.5. The molecule has 2 rings (SSSR count). The van der Waals surface area contributed by atoms with Gasteiger partial charge in [-0.05, 0) is 49.2 Å². The van der Waals surface area contributed by atoms with Crippen LogP contribution in [0.15, 0.2) is 36.4 Å². The fourth-order valence-corrected chi connectivity index (χ4v) is 2.02. The second-order valence-electron chi connectivity index (χ2n) is 5.53. The Morgan fingerprint density at radius 1 is 1.23 bits per heavy atom. The summed E-state index contributed by atoms with van der Waals surface area (Å²) in [6.45, 7) is 6.70. The van der Waals surface area contributed by atoms with Crippen LogP contribution in [0, 0.1) is 12.8 Å². The number of nitrogens with zero attached hydrogens (tertiary/aromatic N) is 1. The van der Waals surface area contributed by atoms with Crippen molar-refractivity contribution in [2.45, 2.75) is 20.8 Å². The Morgan fingerprint density at radius 2 is 1.91 bits per heavy atom. The molecule has 1 aromatic carbocycles. The summed E-state index contributed by atoms with van der Waals surface area (Å²) in [5, 5.41) is 0. The number of pyridine rings is 1. The molecule has 0 saturated heterocycles. The molecule has 0 aliphatic carbocycles. The molecular weight excluding hydrogens is 278 g/mol. The molecule has 0 atom stereocenters. The van der Waals surface area contributed by atoms with Crippen LogP contribution < -0.4 is 16.0 Å². The molecule has 0 saturated carbocycles. The van der Waals surface area contributed by atoms with Gasteiger partial charge in [0.25, 0.3) is 5.91 Å². The number of carbonyl (C=O) groups excluding carboxylic acids is 1. The molecule has 0 bridgehead atoms. The smallest absolute Gasteiger partial charge is 0.267 e. The van der Waals surface area contributed by atoms with E-state index in [-0.39, 0.29) is 5.91 Å². The Bertz CT molecular complexity index is 651. The van der Waals surface area contributed by atoms with Gasteiger partial charge in [-0.25, -0.2) is 5.84 Å². The van der Waals surface area contributed by atoms with E-state index < -0.39 is 0 Å². The molecular formula is C17H21N3O2. The first-order chi connectivity index (χ1) is 10.5. The normalized spacial score (nSPS) is 10.6. The lowest BCUT2D eigenvalue weighted by Gasteiger charge is -2.10. The lowest BCUT2D eigenvalue weighted by atomic mass is 10.1. The number of hydrazine groups is 1. The van der Waals surface area contributed by atoms with Crippen LogP contribution in [0.3, 0.4) is 0 Å². The third kappa shape index (κ3) is 3.83. The summed E-state index contributed by atoms with van der Waals surface area (Å²) < 4.78 is 5.66. The minimum absolute atomic E-state index is 0.339. The van der Waals surface area contributed by atoms with E-state index in [1.807, 2.05) is 30.3 Å². The summed E-state index contributed by atoms with van der Waals surface area (Å²) >= 11 is 0. The molecule has 5 nitrogen and oxygen atoms in total. The van der Waals surface area contributed by atoms with E-state index in [0.29, 0.717) is 23.8 Å². The SMILES string of the molecule is Cc1nc(-c2ccc(OCC(C)C)cc2)ccc1C(=O)NN. The Hall–Kier alpha value is -2.40. The summed E-state index contributed by atoms with van der Waals surface area (Å²) in [5.41, 5.74) is 5.01. The monoisotopic (exact) mass is 299 g/mol. The van der Waals surface area contributed by atoms with Crippen molar-refractivity contribution in [1.82, 2.24) is 10.4 Å². The standard InChI is InChI=1S/C17H21N3O2/c1-11(2)10-22-14-6-4-13(5-7-14)16-9-8-15(12(3)19-16)17(21)20-18/h4-9,11H,10,18H2,1-3H3,(H,20,21). The second-order valence-corrected chi connectivity index (χ2v) is 5.53. The fourth-order valence-electron chi connectivity index (χ4n) is 2.02. The first kappa shape index (κ1) is 16.0. The summed E-state index contributed by atoms with van der Waals surface area (Å²) in [6.07, 6.45) is 0. The first-order valence-corrected chi connectivity index (χ1v) is 7.23. The van der Waals surface area contributed by atoms with Crippen molar-refractivity contribution in [3.8, 4) is 17.0 Å². The lowest BCUT2D eigenvalue weighted by Crippen LogP contribution is -2.30. The van der Waals surface area contributed by atoms with Crippen LogP contribution >= 0.6 is 0 Å². The Morgan fingerprint density at radius 3 is 2.45 bits per heavy atom. The number of aryl methyl sites for hydroxylation is 1. The quantitative estimate of drug-likeness (QED) is 0.505. The first-order valence-electron chi connectivity index (χ1n) is 7.23. The molecule has 1 amide bonds. The van der Waals surface area contributed by atoms with Gasteiger partial charge < -0.3 is 4.74 Å². The third-order valence-corrected chi connectivity index (χ3v) is 3.19. The molecule has 116 valence electrons. The van der Waals surface area contributed by atoms with E-state index in [2.05, 4.69) is 24.3 Å². The van der Waals surface area contributed by atoms with Gasteiger partial charge in [0.15, 0.2) is 0 Å². The summed E-state index contributed by atoms with van der Waals surface area (Å²) in [7, 11) is 0. The van der Waals surface area contributed by atoms with Crippen molar-refractivity contribution in [3.63, 3.8) is 0 Å². The van der Waals surface area contributed by atoms with Crippen LogP contribution in [0.2, 0.25) is 0 Å². The highest BCUT2D eigenvalue weighted by Gasteiger charge is 2.10. The van der Waals surface area contributed by atoms with Crippen molar-refractivity contribution in [1.29, 1.82) is 0 Å². The van der Waals surface area contributed by atoms with E-state index in [0.717, 1.165) is 17.0 Å². The van der Waals surface area contributed by atoms with Gasteiger partial charge in [0.1, 0.15) is 5.75 Å². The van der Waals surface area contributed by atoms with Crippen LogP contribution in [0.1, 0.15) is 29.9 Å². The molecule has 5 heteroatoms. The summed E-state index contributed by atoms with van der Waals surface area (Å²) in [6, 6.07) is 11.3. The number of ether oxygens (including phenoxy) is 1. The van der Waals surface area contributed by atoms with Crippen molar-refractivity contribution in [2.75, 3.05) is 6.61 Å². The topological polar surface area (TPSA) is 77.2 Å². The number of nitrogens with one attached hydrogen (secondary N) is 1. The van der Waals surface area contributed by atoms with Gasteiger partial charge >= 0.3 is 0 Å². The van der Waals surface area contributed by atoms with Crippen LogP contribution in [-0.4, -0.2) is 17.5 Å². The zero-order valence-corrected chi connectivity index (χ0v) is 13.1.